The maximum Gasteiger partial charge on any atom is 0.247 e. The van der Waals surface area contributed by atoms with Gasteiger partial charge >= 0.3 is 0 Å². The van der Waals surface area contributed by atoms with E-state index in [0.29, 0.717) is 5.69 Å². The van der Waals surface area contributed by atoms with Crippen LogP contribution in [0.4, 0.5) is 11.4 Å². The fourth-order valence-electron chi connectivity index (χ4n) is 6.09. The number of nitrogens with zero attached hydrogens (tertiary/aromatic N) is 2. The lowest BCUT2D eigenvalue weighted by Crippen LogP contribution is -2.52. The summed E-state index contributed by atoms with van der Waals surface area (Å²) in [5.74, 6) is -2.45. The van der Waals surface area contributed by atoms with Crippen LogP contribution in [0.5, 0.6) is 0 Å². The molecule has 1 heterocycles. The fourth-order valence-corrected chi connectivity index (χ4v) is 6.09. The minimum absolute atomic E-state index is 0.0119. The lowest BCUT2D eigenvalue weighted by molar-refractivity contribution is -0.143. The lowest BCUT2D eigenvalue weighted by Gasteiger charge is -2.36. The summed E-state index contributed by atoms with van der Waals surface area (Å²) >= 11 is 0. The molecule has 0 unspecified atom stereocenters. The molecule has 0 saturated carbocycles. The Kier molecular flexibility index (Phi) is 9.76. The summed E-state index contributed by atoms with van der Waals surface area (Å²) < 4.78 is 0. The monoisotopic (exact) mass is 512 g/mol. The van der Waals surface area contributed by atoms with E-state index in [4.69, 9.17) is 0 Å². The summed E-state index contributed by atoms with van der Waals surface area (Å²) in [6.45, 7) is 11.7. The molecule has 0 radical (unpaired) electrons. The van der Waals surface area contributed by atoms with Gasteiger partial charge in [0, 0.05) is 37.4 Å². The van der Waals surface area contributed by atoms with Gasteiger partial charge < -0.3 is 25.5 Å². The van der Waals surface area contributed by atoms with Crippen molar-refractivity contribution in [2.24, 2.45) is 29.6 Å². The topological polar surface area (TPSA) is 102 Å². The molecular weight excluding hydrogens is 468 g/mol. The third kappa shape index (κ3) is 5.54. The van der Waals surface area contributed by atoms with Crippen molar-refractivity contribution in [2.75, 3.05) is 37.0 Å². The number of aliphatic hydroxyl groups is 1. The van der Waals surface area contributed by atoms with Crippen LogP contribution >= 0.6 is 0 Å². The first-order valence-corrected chi connectivity index (χ1v) is 13.8. The number of likely N-dealkylation sites (tertiary alicyclic amines) is 1. The van der Waals surface area contributed by atoms with E-state index in [1.165, 1.54) is 0 Å². The molecule has 0 aromatic heterocycles. The van der Waals surface area contributed by atoms with Gasteiger partial charge in [-0.1, -0.05) is 39.3 Å². The molecule has 37 heavy (non-hydrogen) atoms. The van der Waals surface area contributed by atoms with Gasteiger partial charge in [0.05, 0.1) is 24.5 Å². The Hall–Kier alpha value is -2.87. The quantitative estimate of drug-likeness (QED) is 0.395. The highest BCUT2D eigenvalue weighted by Gasteiger charge is 2.58. The van der Waals surface area contributed by atoms with Gasteiger partial charge in [0.2, 0.25) is 17.7 Å². The van der Waals surface area contributed by atoms with Crippen molar-refractivity contribution in [3.8, 4) is 0 Å². The number of anilines is 2. The second-order valence-corrected chi connectivity index (χ2v) is 10.2. The minimum atomic E-state index is -0.813. The van der Waals surface area contributed by atoms with Crippen molar-refractivity contribution < 1.29 is 19.5 Å². The predicted molar refractivity (Wildman–Crippen MR) is 147 cm³/mol. The third-order valence-electron chi connectivity index (χ3n) is 8.45. The molecule has 8 heteroatoms. The average Bonchev–Trinajstić information content (AvgIpc) is 3.21. The predicted octanol–water partition coefficient (Wildman–Crippen LogP) is 3.28. The summed E-state index contributed by atoms with van der Waals surface area (Å²) in [5, 5.41) is 16.1. The number of aliphatic hydroxyl groups excluding tert-OH is 1. The second kappa shape index (κ2) is 12.6. The van der Waals surface area contributed by atoms with Gasteiger partial charge in [-0.3, -0.25) is 14.4 Å². The Morgan fingerprint density at radius 3 is 2.22 bits per heavy atom. The fraction of sp³-hybridized carbons (Fsp3) is 0.621. The number of carbonyl (C=O) groups excluding carboxylic acids is 3. The van der Waals surface area contributed by atoms with Gasteiger partial charge in [-0.05, 0) is 56.4 Å². The van der Waals surface area contributed by atoms with Gasteiger partial charge in [-0.2, -0.15) is 0 Å². The first kappa shape index (κ1) is 28.7. The van der Waals surface area contributed by atoms with Crippen LogP contribution in [0.3, 0.4) is 0 Å². The first-order valence-electron chi connectivity index (χ1n) is 13.8. The zero-order valence-electron chi connectivity index (χ0n) is 23.1. The van der Waals surface area contributed by atoms with E-state index in [2.05, 4.69) is 29.4 Å². The van der Waals surface area contributed by atoms with Crippen LogP contribution in [0, 0.1) is 29.6 Å². The molecule has 2 aliphatic rings. The van der Waals surface area contributed by atoms with Gasteiger partial charge in [-0.15, -0.1) is 0 Å². The summed E-state index contributed by atoms with van der Waals surface area (Å²) in [7, 11) is 1.58. The van der Waals surface area contributed by atoms with Gasteiger partial charge in [-0.25, -0.2) is 0 Å². The van der Waals surface area contributed by atoms with E-state index in [1.54, 1.807) is 11.9 Å². The molecule has 3 N–H and O–H groups in total. The minimum Gasteiger partial charge on any atom is -0.394 e. The highest BCUT2D eigenvalue weighted by molar-refractivity contribution is 6.02. The van der Waals surface area contributed by atoms with E-state index in [1.807, 2.05) is 57.2 Å². The Morgan fingerprint density at radius 2 is 1.70 bits per heavy atom. The van der Waals surface area contributed by atoms with Crippen molar-refractivity contribution in [2.45, 2.75) is 59.5 Å². The van der Waals surface area contributed by atoms with Crippen molar-refractivity contribution in [1.82, 2.24) is 10.2 Å². The van der Waals surface area contributed by atoms with E-state index < -0.39 is 29.8 Å². The van der Waals surface area contributed by atoms with Crippen LogP contribution in [0.1, 0.15) is 47.5 Å². The maximum atomic E-state index is 14.0. The molecule has 0 bridgehead atoms. The molecule has 1 saturated heterocycles. The molecule has 8 nitrogen and oxygen atoms in total. The maximum absolute atomic E-state index is 14.0. The van der Waals surface area contributed by atoms with Crippen LogP contribution in [0.15, 0.2) is 36.4 Å². The van der Waals surface area contributed by atoms with Crippen molar-refractivity contribution in [1.29, 1.82) is 0 Å². The second-order valence-electron chi connectivity index (χ2n) is 10.2. The standard InChI is InChI=1S/C29H44N4O4/c1-7-18(5)23(17-34)33-26(28(36)31-20-12-14-21(15-13-20)32(9-3)10-4)22-16-11-19(8-2)24(27(35)30-6)25(22)29(33)37/h11-16,18-19,22-26,34H,7-10,17H2,1-6H3,(H,30,35)(H,31,36)/t18-,19+,22-,23-,24+,25-,26-/m0/s1. The molecule has 3 amide bonds. The summed E-state index contributed by atoms with van der Waals surface area (Å²) in [4.78, 5) is 44.7. The molecule has 3 rings (SSSR count). The Balaban J connectivity index is 2.00. The first-order chi connectivity index (χ1) is 17.8. The number of carbonyl (C=O) groups is 3. The van der Waals surface area contributed by atoms with E-state index in [0.717, 1.165) is 31.6 Å². The Morgan fingerprint density at radius 1 is 1.05 bits per heavy atom. The number of hydrogen-bond acceptors (Lipinski definition) is 5. The zero-order valence-corrected chi connectivity index (χ0v) is 23.1. The normalized spacial score (nSPS) is 26.4. The number of hydrogen-bond donors (Lipinski definition) is 3. The molecule has 1 aliphatic carbocycles. The van der Waals surface area contributed by atoms with Crippen LogP contribution in [-0.2, 0) is 14.4 Å². The third-order valence-corrected chi connectivity index (χ3v) is 8.45. The van der Waals surface area contributed by atoms with Gasteiger partial charge in [0.1, 0.15) is 6.04 Å². The highest BCUT2D eigenvalue weighted by atomic mass is 16.3. The summed E-state index contributed by atoms with van der Waals surface area (Å²) in [6.07, 6.45) is 5.41. The van der Waals surface area contributed by atoms with Crippen molar-refractivity contribution in [3.63, 3.8) is 0 Å². The SMILES string of the molecule is CC[C@H](C)[C@H](CO)N1C(=O)[C@H]2[C@H](C=C[C@@H](CC)[C@H]2C(=O)NC)[C@H]1C(=O)Nc1ccc(N(CC)CC)cc1. The zero-order chi connectivity index (χ0) is 27.3. The molecule has 1 aliphatic heterocycles. The average molecular weight is 513 g/mol. The van der Waals surface area contributed by atoms with Crippen molar-refractivity contribution in [3.05, 3.63) is 36.4 Å². The number of fused-ring (bicyclic) bond motifs is 1. The van der Waals surface area contributed by atoms with E-state index in [9.17, 15) is 19.5 Å². The van der Waals surface area contributed by atoms with E-state index >= 15 is 0 Å². The molecular formula is C29H44N4O4. The number of amides is 3. The summed E-state index contributed by atoms with van der Waals surface area (Å²) in [5.41, 5.74) is 1.72. The largest absolute Gasteiger partial charge is 0.394 e. The molecule has 0 spiro atoms. The molecule has 1 aromatic carbocycles. The van der Waals surface area contributed by atoms with Gasteiger partial charge in [0.25, 0.3) is 0 Å². The van der Waals surface area contributed by atoms with Crippen LogP contribution in [0.25, 0.3) is 0 Å². The Labute approximate surface area is 221 Å². The van der Waals surface area contributed by atoms with Gasteiger partial charge in [0.15, 0.2) is 0 Å². The number of nitrogens with one attached hydrogen (secondary N) is 2. The molecule has 1 aromatic rings. The molecule has 1 fully saturated rings. The van der Waals surface area contributed by atoms with Crippen LogP contribution < -0.4 is 15.5 Å². The van der Waals surface area contributed by atoms with Crippen LogP contribution in [0.2, 0.25) is 0 Å². The van der Waals surface area contributed by atoms with Crippen LogP contribution in [-0.4, -0.2) is 66.6 Å². The number of allylic oxidation sites excluding steroid dienone is 1. The molecule has 7 atom stereocenters. The molecule has 204 valence electrons. The number of benzene rings is 1. The smallest absolute Gasteiger partial charge is 0.247 e. The van der Waals surface area contributed by atoms with Crippen molar-refractivity contribution >= 4 is 29.1 Å². The van der Waals surface area contributed by atoms with E-state index in [-0.39, 0.29) is 36.2 Å². The highest BCUT2D eigenvalue weighted by Crippen LogP contribution is 2.46. The Bertz CT molecular complexity index is 975. The summed E-state index contributed by atoms with van der Waals surface area (Å²) in [6, 6.07) is 6.38. The lowest BCUT2D eigenvalue weighted by atomic mass is 9.69. The number of rotatable bonds is 11.